The van der Waals surface area contributed by atoms with Crippen molar-refractivity contribution in [1.82, 2.24) is 0 Å². The Balaban J connectivity index is 2.83. The van der Waals surface area contributed by atoms with E-state index in [4.69, 9.17) is 14.2 Å². The number of rotatable bonds is 8. The molecule has 152 valence electrons. The van der Waals surface area contributed by atoms with Crippen LogP contribution in [0.2, 0.25) is 16.6 Å². The van der Waals surface area contributed by atoms with Gasteiger partial charge in [0.05, 0.1) is 19.6 Å². The number of esters is 1. The Kier molecular flexibility index (Phi) is 9.27. The topological polar surface area (TPSA) is 57.1 Å². The lowest BCUT2D eigenvalue weighted by molar-refractivity contribution is -0.142. The van der Waals surface area contributed by atoms with E-state index >= 15 is 0 Å². The molecule has 0 bridgehead atoms. The second kappa shape index (κ2) is 10.7. The number of ether oxygens (including phenoxy) is 3. The van der Waals surface area contributed by atoms with E-state index in [-0.39, 0.29) is 18.7 Å². The molecular formula is C21H35NO4Si. The monoisotopic (exact) mass is 393 g/mol. The first-order valence-electron chi connectivity index (χ1n) is 9.68. The zero-order valence-electron chi connectivity index (χ0n) is 18.0. The van der Waals surface area contributed by atoms with Gasteiger partial charge in [-0.25, -0.2) is 9.79 Å². The smallest absolute Gasteiger partial charge is 0.334 e. The summed E-state index contributed by atoms with van der Waals surface area (Å²) >= 11 is 0. The van der Waals surface area contributed by atoms with E-state index in [1.165, 1.54) is 7.11 Å². The standard InChI is InChI=1S/C21H35NO4Si/c1-15(2)27(16(3)4,17(5)6)12-10-9-11-18(24-7)13-20-22-19(14-26-20)21(23)25-8/h9,11,15-19H,13-14H2,1-8H3/b11-9+/t18-,19?/m0/s1. The lowest BCUT2D eigenvalue weighted by atomic mass is 10.2. The SMILES string of the molecule is COC(=O)C1COC(C[C@H](/C=C/C#C[Si](C(C)C)(C(C)C)C(C)C)OC)=N1. The Hall–Kier alpha value is -1.58. The molecule has 0 aromatic rings. The average Bonchev–Trinajstić information content (AvgIpc) is 3.07. The van der Waals surface area contributed by atoms with Crippen molar-refractivity contribution >= 4 is 19.9 Å². The lowest BCUT2D eigenvalue weighted by Crippen LogP contribution is -2.43. The Bertz CT molecular complexity index is 592. The van der Waals surface area contributed by atoms with Crippen LogP contribution in [0.25, 0.3) is 0 Å². The molecule has 5 nitrogen and oxygen atoms in total. The summed E-state index contributed by atoms with van der Waals surface area (Å²) in [7, 11) is 1.27. The van der Waals surface area contributed by atoms with Crippen molar-refractivity contribution in [3.8, 4) is 11.5 Å². The molecule has 6 heteroatoms. The Morgan fingerprint density at radius 1 is 1.22 bits per heavy atom. The van der Waals surface area contributed by atoms with Crippen molar-refractivity contribution in [2.75, 3.05) is 20.8 Å². The largest absolute Gasteiger partial charge is 0.478 e. The Labute approximate surface area is 165 Å². The predicted octanol–water partition coefficient (Wildman–Crippen LogP) is 4.14. The fourth-order valence-electron chi connectivity index (χ4n) is 3.95. The third-order valence-corrected chi connectivity index (χ3v) is 11.7. The van der Waals surface area contributed by atoms with E-state index in [0.29, 0.717) is 28.9 Å². The van der Waals surface area contributed by atoms with Gasteiger partial charge >= 0.3 is 5.97 Å². The minimum absolute atomic E-state index is 0.192. The molecule has 1 unspecified atom stereocenters. The number of aliphatic imine (C=N–C) groups is 1. The summed E-state index contributed by atoms with van der Waals surface area (Å²) in [6.45, 7) is 14.0. The number of hydrogen-bond acceptors (Lipinski definition) is 5. The molecule has 0 spiro atoms. The molecule has 0 saturated carbocycles. The van der Waals surface area contributed by atoms with Gasteiger partial charge in [-0.2, -0.15) is 0 Å². The molecule has 1 rings (SSSR count). The van der Waals surface area contributed by atoms with Gasteiger partial charge in [-0.1, -0.05) is 47.5 Å². The van der Waals surface area contributed by atoms with E-state index in [2.05, 4.69) is 58.0 Å². The van der Waals surface area contributed by atoms with Gasteiger partial charge in [0.25, 0.3) is 0 Å². The van der Waals surface area contributed by atoms with Crippen molar-refractivity contribution in [2.24, 2.45) is 4.99 Å². The molecule has 27 heavy (non-hydrogen) atoms. The molecule has 0 amide bonds. The second-order valence-corrected chi connectivity index (χ2v) is 13.5. The first-order chi connectivity index (χ1) is 12.7. The maximum absolute atomic E-state index is 11.5. The van der Waals surface area contributed by atoms with Crippen molar-refractivity contribution < 1.29 is 19.0 Å². The van der Waals surface area contributed by atoms with Crippen LogP contribution in [0.1, 0.15) is 48.0 Å². The van der Waals surface area contributed by atoms with Crippen LogP contribution < -0.4 is 0 Å². The number of carbonyl (C=O) groups excluding carboxylic acids is 1. The fraction of sp³-hybridized carbons (Fsp3) is 0.714. The van der Waals surface area contributed by atoms with Gasteiger partial charge in [-0.05, 0) is 28.8 Å². The lowest BCUT2D eigenvalue weighted by Gasteiger charge is -2.38. The number of nitrogens with zero attached hydrogens (tertiary/aromatic N) is 1. The zero-order valence-corrected chi connectivity index (χ0v) is 19.0. The predicted molar refractivity (Wildman–Crippen MR) is 113 cm³/mol. The highest BCUT2D eigenvalue weighted by atomic mass is 28.3. The summed E-state index contributed by atoms with van der Waals surface area (Å²) in [6.07, 6.45) is 4.10. The highest BCUT2D eigenvalue weighted by Crippen LogP contribution is 2.40. The van der Waals surface area contributed by atoms with Gasteiger partial charge < -0.3 is 14.2 Å². The maximum atomic E-state index is 11.5. The number of hydrogen-bond donors (Lipinski definition) is 0. The summed E-state index contributed by atoms with van der Waals surface area (Å²) in [4.78, 5) is 15.8. The number of methoxy groups -OCH3 is 2. The third kappa shape index (κ3) is 5.95. The van der Waals surface area contributed by atoms with Crippen molar-refractivity contribution in [3.05, 3.63) is 12.2 Å². The van der Waals surface area contributed by atoms with Crippen LogP contribution in [-0.2, 0) is 19.0 Å². The third-order valence-electron chi connectivity index (χ3n) is 5.41. The average molecular weight is 394 g/mol. The van der Waals surface area contributed by atoms with Crippen LogP contribution in [-0.4, -0.2) is 52.9 Å². The highest BCUT2D eigenvalue weighted by Gasteiger charge is 2.41. The molecule has 2 atom stereocenters. The number of carbonyl (C=O) groups is 1. The molecule has 0 aliphatic carbocycles. The molecule has 0 N–H and O–H groups in total. The molecule has 1 aliphatic heterocycles. The second-order valence-electron chi connectivity index (χ2n) is 7.88. The van der Waals surface area contributed by atoms with Crippen molar-refractivity contribution in [3.63, 3.8) is 0 Å². The van der Waals surface area contributed by atoms with E-state index in [9.17, 15) is 4.79 Å². The molecule has 0 aromatic heterocycles. The van der Waals surface area contributed by atoms with E-state index in [1.807, 2.05) is 12.2 Å². The molecule has 0 radical (unpaired) electrons. The van der Waals surface area contributed by atoms with E-state index < -0.39 is 14.1 Å². The van der Waals surface area contributed by atoms with Crippen LogP contribution >= 0.6 is 0 Å². The van der Waals surface area contributed by atoms with Gasteiger partial charge in [-0.15, -0.1) is 5.54 Å². The maximum Gasteiger partial charge on any atom is 0.334 e. The van der Waals surface area contributed by atoms with Gasteiger partial charge in [0.2, 0.25) is 0 Å². The Morgan fingerprint density at radius 2 is 1.81 bits per heavy atom. The number of allylic oxidation sites excluding steroid dienone is 1. The molecule has 0 saturated heterocycles. The molecule has 0 aromatic carbocycles. The minimum atomic E-state index is -1.72. The van der Waals surface area contributed by atoms with Crippen molar-refractivity contribution in [2.45, 2.75) is 76.7 Å². The van der Waals surface area contributed by atoms with Crippen LogP contribution in [0.5, 0.6) is 0 Å². The summed E-state index contributed by atoms with van der Waals surface area (Å²) in [5.41, 5.74) is 5.47. The first-order valence-corrected chi connectivity index (χ1v) is 11.9. The van der Waals surface area contributed by atoms with Crippen LogP contribution in [0.15, 0.2) is 17.1 Å². The summed E-state index contributed by atoms with van der Waals surface area (Å²) in [5, 5.41) is 0. The van der Waals surface area contributed by atoms with Crippen LogP contribution in [0.4, 0.5) is 0 Å². The fourth-order valence-corrected chi connectivity index (χ4v) is 9.15. The van der Waals surface area contributed by atoms with Gasteiger partial charge in [0.1, 0.15) is 14.7 Å². The van der Waals surface area contributed by atoms with Crippen LogP contribution in [0, 0.1) is 11.5 Å². The quantitative estimate of drug-likeness (QED) is 0.353. The summed E-state index contributed by atoms with van der Waals surface area (Å²) in [5.74, 6) is 3.43. The van der Waals surface area contributed by atoms with Crippen LogP contribution in [0.3, 0.4) is 0 Å². The summed E-state index contributed by atoms with van der Waals surface area (Å²) < 4.78 is 15.7. The minimum Gasteiger partial charge on any atom is -0.478 e. The van der Waals surface area contributed by atoms with E-state index in [1.54, 1.807) is 7.11 Å². The van der Waals surface area contributed by atoms with Gasteiger partial charge in [0.15, 0.2) is 11.9 Å². The Morgan fingerprint density at radius 3 is 2.30 bits per heavy atom. The highest BCUT2D eigenvalue weighted by molar-refractivity contribution is 6.90. The van der Waals surface area contributed by atoms with E-state index in [0.717, 1.165) is 0 Å². The normalized spacial score (nSPS) is 18.5. The molecule has 1 heterocycles. The molecular weight excluding hydrogens is 358 g/mol. The summed E-state index contributed by atoms with van der Waals surface area (Å²) in [6, 6.07) is -0.569. The first kappa shape index (κ1) is 23.5. The molecule has 0 fully saturated rings. The zero-order chi connectivity index (χ0) is 20.6. The van der Waals surface area contributed by atoms with Crippen molar-refractivity contribution in [1.29, 1.82) is 0 Å². The molecule has 1 aliphatic rings. The van der Waals surface area contributed by atoms with Gasteiger partial charge in [0, 0.05) is 7.11 Å². The van der Waals surface area contributed by atoms with Gasteiger partial charge in [-0.3, -0.25) is 0 Å².